The number of imide groups is 1. The van der Waals surface area contributed by atoms with Gasteiger partial charge in [-0.1, -0.05) is 6.07 Å². The molecule has 1 saturated heterocycles. The van der Waals surface area contributed by atoms with E-state index in [4.69, 9.17) is 4.74 Å². The number of piperidine rings is 1. The van der Waals surface area contributed by atoms with Crippen molar-refractivity contribution >= 4 is 29.1 Å². The van der Waals surface area contributed by atoms with Crippen LogP contribution in [0.2, 0.25) is 0 Å². The maximum Gasteiger partial charge on any atom is 0.329 e. The number of nitrogens with one attached hydrogen (secondary N) is 1. The second-order valence-electron chi connectivity index (χ2n) is 7.38. The van der Waals surface area contributed by atoms with E-state index in [9.17, 15) is 19.2 Å². The Kier molecular flexibility index (Phi) is 6.98. The number of hydrogen-bond acceptors (Lipinski definition) is 5. The van der Waals surface area contributed by atoms with Crippen molar-refractivity contribution < 1.29 is 19.1 Å². The van der Waals surface area contributed by atoms with Crippen LogP contribution in [0.25, 0.3) is 11.0 Å². The molecule has 0 aliphatic carbocycles. The molecule has 0 saturated carbocycles. The lowest BCUT2D eigenvalue weighted by Crippen LogP contribution is -2.44. The molecule has 1 N–H and O–H groups in total. The van der Waals surface area contributed by atoms with E-state index in [2.05, 4.69) is 5.32 Å². The molecule has 8 heteroatoms. The molecule has 1 aliphatic heterocycles. The van der Waals surface area contributed by atoms with Crippen molar-refractivity contribution in [2.24, 2.45) is 7.05 Å². The molecule has 29 heavy (non-hydrogen) atoms. The van der Waals surface area contributed by atoms with Gasteiger partial charge >= 0.3 is 5.69 Å². The van der Waals surface area contributed by atoms with Crippen LogP contribution in [0.4, 0.5) is 0 Å². The fraction of sp³-hybridized carbons (Fsp3) is 0.524. The summed E-state index contributed by atoms with van der Waals surface area (Å²) >= 11 is 0. The Morgan fingerprint density at radius 2 is 1.93 bits per heavy atom. The average Bonchev–Trinajstić information content (AvgIpc) is 2.95. The number of aryl methyl sites for hydroxylation is 2. The molecule has 3 rings (SSSR count). The number of carbonyl (C=O) groups is 3. The predicted octanol–water partition coefficient (Wildman–Crippen LogP) is 1.64. The first-order valence-electron chi connectivity index (χ1n) is 10.1. The zero-order valence-corrected chi connectivity index (χ0v) is 16.7. The topological polar surface area (TPSA) is 99.4 Å². The molecule has 0 radical (unpaired) electrons. The lowest BCUT2D eigenvalue weighted by Gasteiger charge is -2.21. The minimum absolute atomic E-state index is 0.229. The van der Waals surface area contributed by atoms with Crippen LogP contribution in [0.5, 0.6) is 0 Å². The van der Waals surface area contributed by atoms with Crippen LogP contribution in [0.3, 0.4) is 0 Å². The molecule has 0 spiro atoms. The van der Waals surface area contributed by atoms with Crippen molar-refractivity contribution in [2.75, 3.05) is 13.2 Å². The summed E-state index contributed by atoms with van der Waals surface area (Å²) in [5.41, 5.74) is 2.30. The number of benzene rings is 1. The largest absolute Gasteiger partial charge is 0.381 e. The normalized spacial score (nSPS) is 16.9. The van der Waals surface area contributed by atoms with Gasteiger partial charge in [0.1, 0.15) is 12.3 Å². The van der Waals surface area contributed by atoms with Crippen molar-refractivity contribution in [3.63, 3.8) is 0 Å². The lowest BCUT2D eigenvalue weighted by molar-refractivity contribution is -0.135. The molecular weight excluding hydrogens is 374 g/mol. The Morgan fingerprint density at radius 1 is 1.14 bits per heavy atom. The van der Waals surface area contributed by atoms with E-state index in [1.807, 2.05) is 18.2 Å². The number of imidazole rings is 1. The Morgan fingerprint density at radius 3 is 2.69 bits per heavy atom. The Bertz CT molecular complexity index is 959. The van der Waals surface area contributed by atoms with E-state index in [1.54, 1.807) is 11.6 Å². The summed E-state index contributed by atoms with van der Waals surface area (Å²) < 4.78 is 8.63. The third-order valence-corrected chi connectivity index (χ3v) is 5.29. The fourth-order valence-electron chi connectivity index (χ4n) is 3.71. The van der Waals surface area contributed by atoms with Crippen molar-refractivity contribution in [1.29, 1.82) is 0 Å². The van der Waals surface area contributed by atoms with E-state index < -0.39 is 11.9 Å². The molecule has 1 aliphatic rings. The Hall–Kier alpha value is -2.74. The van der Waals surface area contributed by atoms with Gasteiger partial charge in [0, 0.05) is 33.1 Å². The highest BCUT2D eigenvalue weighted by molar-refractivity contribution is 6.00. The van der Waals surface area contributed by atoms with Crippen molar-refractivity contribution in [2.45, 2.75) is 51.0 Å². The van der Waals surface area contributed by atoms with Gasteiger partial charge in [-0.05, 0) is 49.8 Å². The van der Waals surface area contributed by atoms with Crippen LogP contribution in [-0.4, -0.2) is 40.4 Å². The van der Waals surface area contributed by atoms with Gasteiger partial charge in [0.15, 0.2) is 0 Å². The molecule has 1 aromatic heterocycles. The van der Waals surface area contributed by atoms with Crippen molar-refractivity contribution in [3.05, 3.63) is 34.2 Å². The van der Waals surface area contributed by atoms with Gasteiger partial charge in [0.2, 0.25) is 11.8 Å². The molecule has 2 aromatic rings. The third-order valence-electron chi connectivity index (χ3n) is 5.29. The summed E-state index contributed by atoms with van der Waals surface area (Å²) in [6.45, 7) is 1.31. The summed E-state index contributed by atoms with van der Waals surface area (Å²) in [7, 11) is 1.69. The first kappa shape index (κ1) is 21.0. The number of nitrogens with zero attached hydrogens (tertiary/aromatic N) is 2. The van der Waals surface area contributed by atoms with Crippen LogP contribution < -0.4 is 11.0 Å². The number of carbonyl (C=O) groups excluding carboxylic acids is 3. The number of aromatic nitrogens is 2. The summed E-state index contributed by atoms with van der Waals surface area (Å²) in [5, 5.41) is 2.32. The third kappa shape index (κ3) is 4.82. The number of rotatable bonds is 10. The molecule has 1 unspecified atom stereocenters. The van der Waals surface area contributed by atoms with Gasteiger partial charge in [-0.15, -0.1) is 0 Å². The molecule has 8 nitrogen and oxygen atoms in total. The molecule has 1 aromatic carbocycles. The maximum atomic E-state index is 12.8. The Labute approximate surface area is 168 Å². The van der Waals surface area contributed by atoms with Crippen LogP contribution in [0, 0.1) is 0 Å². The maximum absolute atomic E-state index is 12.8. The quantitative estimate of drug-likeness (QED) is 0.371. The van der Waals surface area contributed by atoms with E-state index in [0.29, 0.717) is 31.6 Å². The van der Waals surface area contributed by atoms with E-state index in [-0.39, 0.29) is 18.0 Å². The number of ether oxygens (including phenoxy) is 1. The second kappa shape index (κ2) is 9.65. The molecule has 1 atom stereocenters. The monoisotopic (exact) mass is 401 g/mol. The van der Waals surface area contributed by atoms with Gasteiger partial charge in [-0.25, -0.2) is 4.79 Å². The summed E-state index contributed by atoms with van der Waals surface area (Å²) in [5.74, 6) is -0.724. The SMILES string of the molecule is Cn1c(=O)n(C2CCC(=O)NC2=O)c2ccc(CCCOCCCCC=O)cc21. The zero-order valence-electron chi connectivity index (χ0n) is 16.7. The van der Waals surface area contributed by atoms with Gasteiger partial charge in [0.25, 0.3) is 0 Å². The minimum atomic E-state index is -0.664. The average molecular weight is 401 g/mol. The van der Waals surface area contributed by atoms with E-state index in [1.165, 1.54) is 4.57 Å². The van der Waals surface area contributed by atoms with Gasteiger partial charge in [-0.2, -0.15) is 0 Å². The first-order chi connectivity index (χ1) is 14.0. The molecule has 0 bridgehead atoms. The highest BCUT2D eigenvalue weighted by atomic mass is 16.5. The predicted molar refractivity (Wildman–Crippen MR) is 108 cm³/mol. The standard InChI is InChI=1S/C21H27N3O5/c1-23-18-14-15(6-5-13-29-12-4-2-3-11-25)7-8-16(18)24(21(23)28)17-9-10-19(26)22-20(17)27/h7-8,11,14,17H,2-6,9-10,12-13H2,1H3,(H,22,26,27). The minimum Gasteiger partial charge on any atom is -0.381 e. The van der Waals surface area contributed by atoms with E-state index in [0.717, 1.165) is 43.0 Å². The van der Waals surface area contributed by atoms with Gasteiger partial charge < -0.3 is 9.53 Å². The molecule has 1 fully saturated rings. The number of amides is 2. The number of unbranched alkanes of at least 4 members (excludes halogenated alkanes) is 2. The fourth-order valence-corrected chi connectivity index (χ4v) is 3.71. The lowest BCUT2D eigenvalue weighted by atomic mass is 10.1. The van der Waals surface area contributed by atoms with Crippen molar-refractivity contribution in [3.8, 4) is 0 Å². The van der Waals surface area contributed by atoms with Crippen LogP contribution in [0.1, 0.15) is 50.1 Å². The van der Waals surface area contributed by atoms with Crippen LogP contribution in [0.15, 0.2) is 23.0 Å². The highest BCUT2D eigenvalue weighted by Crippen LogP contribution is 2.24. The number of hydrogen-bond donors (Lipinski definition) is 1. The molecule has 156 valence electrons. The van der Waals surface area contributed by atoms with Gasteiger partial charge in [0.05, 0.1) is 11.0 Å². The number of aldehydes is 1. The molecular formula is C21H27N3O5. The van der Waals surface area contributed by atoms with Gasteiger partial charge in [-0.3, -0.25) is 24.0 Å². The summed E-state index contributed by atoms with van der Waals surface area (Å²) in [4.78, 5) is 46.7. The van der Waals surface area contributed by atoms with Crippen molar-refractivity contribution in [1.82, 2.24) is 14.5 Å². The number of fused-ring (bicyclic) bond motifs is 1. The smallest absolute Gasteiger partial charge is 0.329 e. The molecule has 2 amide bonds. The van der Waals surface area contributed by atoms with Crippen LogP contribution >= 0.6 is 0 Å². The Balaban J connectivity index is 1.66. The van der Waals surface area contributed by atoms with Crippen LogP contribution in [-0.2, 0) is 32.6 Å². The molecule has 2 heterocycles. The summed E-state index contributed by atoms with van der Waals surface area (Å²) in [6.07, 6.45) is 5.50. The second-order valence-corrected chi connectivity index (χ2v) is 7.38. The highest BCUT2D eigenvalue weighted by Gasteiger charge is 2.31. The zero-order chi connectivity index (χ0) is 20.8. The first-order valence-corrected chi connectivity index (χ1v) is 10.1. The van der Waals surface area contributed by atoms with E-state index >= 15 is 0 Å². The summed E-state index contributed by atoms with van der Waals surface area (Å²) in [6, 6.07) is 5.15.